The number of carbonyl (C=O) groups excluding carboxylic acids is 4. The van der Waals surface area contributed by atoms with Crippen molar-refractivity contribution in [2.24, 2.45) is 0 Å². The third-order valence-corrected chi connectivity index (χ3v) is 4.86. The average molecular weight is 397 g/mol. The van der Waals surface area contributed by atoms with Crippen LogP contribution in [0.5, 0.6) is 0 Å². The van der Waals surface area contributed by atoms with E-state index < -0.39 is 29.9 Å². The van der Waals surface area contributed by atoms with Crippen molar-refractivity contribution >= 4 is 35.5 Å². The van der Waals surface area contributed by atoms with Crippen LogP contribution in [0, 0.1) is 0 Å². The Morgan fingerprint density at radius 2 is 1.96 bits per heavy atom. The molecule has 0 aliphatic heterocycles. The fourth-order valence-electron chi connectivity index (χ4n) is 2.24. The second-order valence-corrected chi connectivity index (χ2v) is 7.20. The topological polar surface area (TPSA) is 114 Å². The Hall–Kier alpha value is -2.29. The lowest BCUT2D eigenvalue weighted by atomic mass is 10.2. The van der Waals surface area contributed by atoms with E-state index in [0.717, 1.165) is 6.42 Å². The quantitative estimate of drug-likeness (QED) is 0.457. The molecule has 3 amide bonds. The number of nitrogens with one attached hydrogen (secondary N) is 3. The first kappa shape index (κ1) is 22.8. The van der Waals surface area contributed by atoms with Crippen LogP contribution in [-0.2, 0) is 23.9 Å². The maximum absolute atomic E-state index is 12.3. The van der Waals surface area contributed by atoms with E-state index in [-0.39, 0.29) is 24.3 Å². The van der Waals surface area contributed by atoms with Gasteiger partial charge in [0.15, 0.2) is 0 Å². The molecule has 0 aromatic rings. The first-order chi connectivity index (χ1) is 12.8. The zero-order valence-corrected chi connectivity index (χ0v) is 16.6. The zero-order chi connectivity index (χ0) is 20.2. The Morgan fingerprint density at radius 3 is 2.56 bits per heavy atom. The van der Waals surface area contributed by atoms with Crippen molar-refractivity contribution in [1.82, 2.24) is 16.0 Å². The number of carbonyl (C=O) groups is 4. The van der Waals surface area contributed by atoms with Crippen LogP contribution >= 0.6 is 11.8 Å². The van der Waals surface area contributed by atoms with Gasteiger partial charge < -0.3 is 20.7 Å². The number of esters is 1. The molecule has 0 spiro atoms. The summed E-state index contributed by atoms with van der Waals surface area (Å²) in [4.78, 5) is 47.1. The summed E-state index contributed by atoms with van der Waals surface area (Å²) in [6.45, 7) is 4.43. The van der Waals surface area contributed by atoms with Gasteiger partial charge in [-0.05, 0) is 20.3 Å². The molecule has 1 aliphatic rings. The highest BCUT2D eigenvalue weighted by Crippen LogP contribution is 2.20. The smallest absolute Gasteiger partial charge is 0.328 e. The molecule has 0 aromatic heterocycles. The molecule has 0 saturated heterocycles. The van der Waals surface area contributed by atoms with Crippen molar-refractivity contribution in [3.8, 4) is 0 Å². The average Bonchev–Trinajstić information content (AvgIpc) is 2.63. The standard InChI is InChI=1S/C18H27N3O5S/c1-4-26-18(25)12(2)20-16(23)10-19-17(24)15(21-13(3)22)11-27-14-8-6-5-7-9-14/h5-8,12,14-15H,4,9-11H2,1-3H3,(H,19,24)(H,20,23)(H,21,22)/t12-,14?,15-/m0/s1. The van der Waals surface area contributed by atoms with E-state index in [1.165, 1.54) is 13.8 Å². The van der Waals surface area contributed by atoms with Crippen molar-refractivity contribution < 1.29 is 23.9 Å². The van der Waals surface area contributed by atoms with Crippen LogP contribution in [0.2, 0.25) is 0 Å². The van der Waals surface area contributed by atoms with Crippen LogP contribution in [-0.4, -0.2) is 59.9 Å². The molecule has 0 heterocycles. The molecule has 0 fully saturated rings. The van der Waals surface area contributed by atoms with Crippen LogP contribution in [0.25, 0.3) is 0 Å². The van der Waals surface area contributed by atoms with E-state index in [2.05, 4.69) is 16.0 Å². The predicted octanol–water partition coefficient (Wildman–Crippen LogP) is 0.293. The molecule has 3 atom stereocenters. The van der Waals surface area contributed by atoms with Crippen LogP contribution in [0.3, 0.4) is 0 Å². The summed E-state index contributed by atoms with van der Waals surface area (Å²) in [6.07, 6.45) is 8.86. The fraction of sp³-hybridized carbons (Fsp3) is 0.556. The van der Waals surface area contributed by atoms with E-state index in [0.29, 0.717) is 5.75 Å². The lowest BCUT2D eigenvalue weighted by molar-refractivity contribution is -0.146. The van der Waals surface area contributed by atoms with Gasteiger partial charge in [-0.15, -0.1) is 0 Å². The minimum atomic E-state index is -0.804. The van der Waals surface area contributed by atoms with Crippen molar-refractivity contribution in [3.05, 3.63) is 24.3 Å². The molecule has 1 unspecified atom stereocenters. The van der Waals surface area contributed by atoms with Gasteiger partial charge >= 0.3 is 5.97 Å². The van der Waals surface area contributed by atoms with Crippen molar-refractivity contribution in [3.63, 3.8) is 0 Å². The number of allylic oxidation sites excluding steroid dienone is 3. The monoisotopic (exact) mass is 397 g/mol. The van der Waals surface area contributed by atoms with Crippen molar-refractivity contribution in [2.75, 3.05) is 18.9 Å². The maximum atomic E-state index is 12.3. The highest BCUT2D eigenvalue weighted by atomic mass is 32.2. The molecule has 0 bridgehead atoms. The third kappa shape index (κ3) is 9.28. The second-order valence-electron chi connectivity index (χ2n) is 5.93. The summed E-state index contributed by atoms with van der Waals surface area (Å²) in [5, 5.41) is 7.78. The Bertz CT molecular complexity index is 606. The molecule has 0 aromatic carbocycles. The normalized spacial score (nSPS) is 17.5. The number of ether oxygens (including phenoxy) is 1. The number of hydrogen-bond acceptors (Lipinski definition) is 6. The largest absolute Gasteiger partial charge is 0.464 e. The molecule has 1 aliphatic carbocycles. The summed E-state index contributed by atoms with van der Waals surface area (Å²) in [5.74, 6) is -1.45. The van der Waals surface area contributed by atoms with Crippen molar-refractivity contribution in [2.45, 2.75) is 44.5 Å². The molecule has 0 radical (unpaired) electrons. The molecule has 1 rings (SSSR count). The number of rotatable bonds is 10. The van der Waals surface area contributed by atoms with Crippen LogP contribution in [0.4, 0.5) is 0 Å². The first-order valence-electron chi connectivity index (χ1n) is 8.79. The lowest BCUT2D eigenvalue weighted by Crippen LogP contribution is -2.51. The van der Waals surface area contributed by atoms with E-state index in [9.17, 15) is 19.2 Å². The van der Waals surface area contributed by atoms with Crippen LogP contribution in [0.15, 0.2) is 24.3 Å². The summed E-state index contributed by atoms with van der Waals surface area (Å²) < 4.78 is 4.80. The summed E-state index contributed by atoms with van der Waals surface area (Å²) in [5.41, 5.74) is 0. The molecular weight excluding hydrogens is 370 g/mol. The molecule has 8 nitrogen and oxygen atoms in total. The van der Waals surface area contributed by atoms with E-state index in [1.807, 2.05) is 24.3 Å². The van der Waals surface area contributed by atoms with E-state index in [4.69, 9.17) is 4.74 Å². The van der Waals surface area contributed by atoms with Crippen LogP contribution in [0.1, 0.15) is 27.2 Å². The van der Waals surface area contributed by atoms with Gasteiger partial charge in [-0.3, -0.25) is 14.4 Å². The Labute approximate surface area is 163 Å². The molecule has 9 heteroatoms. The Balaban J connectivity index is 2.46. The molecule has 27 heavy (non-hydrogen) atoms. The van der Waals surface area contributed by atoms with Gasteiger partial charge in [0.2, 0.25) is 17.7 Å². The van der Waals surface area contributed by atoms with Gasteiger partial charge in [-0.25, -0.2) is 4.79 Å². The highest BCUT2D eigenvalue weighted by molar-refractivity contribution is 8.00. The first-order valence-corrected chi connectivity index (χ1v) is 9.84. The zero-order valence-electron chi connectivity index (χ0n) is 15.8. The second kappa shape index (κ2) is 12.2. The molecule has 3 N–H and O–H groups in total. The number of amides is 3. The fourth-order valence-corrected chi connectivity index (χ4v) is 3.36. The summed E-state index contributed by atoms with van der Waals surface area (Å²) in [7, 11) is 0. The van der Waals surface area contributed by atoms with Crippen LogP contribution < -0.4 is 16.0 Å². The Kier molecular flexibility index (Phi) is 10.2. The molecule has 150 valence electrons. The van der Waals surface area contributed by atoms with Gasteiger partial charge in [-0.1, -0.05) is 24.3 Å². The summed E-state index contributed by atoms with van der Waals surface area (Å²) >= 11 is 1.55. The van der Waals surface area contributed by atoms with Gasteiger partial charge in [0.1, 0.15) is 12.1 Å². The number of thioether (sulfide) groups is 1. The number of hydrogen-bond donors (Lipinski definition) is 3. The van der Waals surface area contributed by atoms with Gasteiger partial charge in [-0.2, -0.15) is 11.8 Å². The van der Waals surface area contributed by atoms with Gasteiger partial charge in [0.05, 0.1) is 13.2 Å². The minimum Gasteiger partial charge on any atom is -0.464 e. The SMILES string of the molecule is CCOC(=O)[C@H](C)NC(=O)CNC(=O)[C@H](CSC1C=CC=CC1)NC(C)=O. The molecule has 0 saturated carbocycles. The maximum Gasteiger partial charge on any atom is 0.328 e. The summed E-state index contributed by atoms with van der Waals surface area (Å²) in [6, 6.07) is -1.55. The predicted molar refractivity (Wildman–Crippen MR) is 104 cm³/mol. The van der Waals surface area contributed by atoms with Gasteiger partial charge in [0, 0.05) is 17.9 Å². The van der Waals surface area contributed by atoms with E-state index >= 15 is 0 Å². The third-order valence-electron chi connectivity index (χ3n) is 3.55. The molecular formula is C18H27N3O5S. The lowest BCUT2D eigenvalue weighted by Gasteiger charge is -2.20. The van der Waals surface area contributed by atoms with Gasteiger partial charge in [0.25, 0.3) is 0 Å². The minimum absolute atomic E-state index is 0.220. The van der Waals surface area contributed by atoms with Crippen molar-refractivity contribution in [1.29, 1.82) is 0 Å². The van der Waals surface area contributed by atoms with E-state index in [1.54, 1.807) is 18.7 Å². The highest BCUT2D eigenvalue weighted by Gasteiger charge is 2.22. The Morgan fingerprint density at radius 1 is 1.22 bits per heavy atom.